The van der Waals surface area contributed by atoms with E-state index in [0.717, 1.165) is 25.2 Å². The molecular weight excluding hydrogens is 368 g/mol. The van der Waals surface area contributed by atoms with Crippen LogP contribution in [0, 0.1) is 0 Å². The number of hydrogen-bond donors (Lipinski definition) is 2. The van der Waals surface area contributed by atoms with Crippen LogP contribution in [0.5, 0.6) is 0 Å². The summed E-state index contributed by atoms with van der Waals surface area (Å²) < 4.78 is 0. The number of imide groups is 1. The molecule has 1 saturated carbocycles. The minimum atomic E-state index is -0.549. The molecule has 5 rings (SSSR count). The number of piperidine rings is 2. The average Bonchev–Trinajstić information content (AvgIpc) is 3.51. The Morgan fingerprint density at radius 3 is 2.66 bits per heavy atom. The molecule has 154 valence electrons. The smallest absolute Gasteiger partial charge is 0.255 e. The number of rotatable bonds is 5. The largest absolute Gasteiger partial charge is 0.322 e. The van der Waals surface area contributed by atoms with Crippen molar-refractivity contribution >= 4 is 17.7 Å². The minimum absolute atomic E-state index is 0.100. The monoisotopic (exact) mass is 396 g/mol. The molecule has 4 aliphatic rings. The molecule has 2 atom stereocenters. The van der Waals surface area contributed by atoms with Gasteiger partial charge in [0, 0.05) is 43.7 Å². The Morgan fingerprint density at radius 2 is 1.93 bits per heavy atom. The zero-order valence-corrected chi connectivity index (χ0v) is 16.7. The van der Waals surface area contributed by atoms with Crippen molar-refractivity contribution in [2.75, 3.05) is 13.1 Å². The van der Waals surface area contributed by atoms with Gasteiger partial charge >= 0.3 is 0 Å². The van der Waals surface area contributed by atoms with Crippen molar-refractivity contribution in [2.24, 2.45) is 0 Å². The van der Waals surface area contributed by atoms with E-state index in [1.54, 1.807) is 4.90 Å². The predicted octanol–water partition coefficient (Wildman–Crippen LogP) is 1.16. The van der Waals surface area contributed by atoms with E-state index in [2.05, 4.69) is 27.7 Å². The molecule has 7 heteroatoms. The standard InChI is InChI=1S/C22H28N4O3/c27-20-8-7-19(21(28)24-20)26-13-15-10-14(3-6-18(15)22(26)29)12-25(16-4-5-16)17-2-1-9-23-11-17/h3,6,10,16-17,19,23H,1-2,4-5,7-9,11-13H2,(H,24,27,28). The Kier molecular flexibility index (Phi) is 4.87. The highest BCUT2D eigenvalue weighted by atomic mass is 16.2. The van der Waals surface area contributed by atoms with Gasteiger partial charge in [-0.15, -0.1) is 0 Å². The molecule has 3 fully saturated rings. The Hall–Kier alpha value is -2.25. The lowest BCUT2D eigenvalue weighted by molar-refractivity contribution is -0.136. The Bertz CT molecular complexity index is 844. The third kappa shape index (κ3) is 3.69. The van der Waals surface area contributed by atoms with Gasteiger partial charge in [-0.1, -0.05) is 12.1 Å². The molecule has 3 amide bonds. The van der Waals surface area contributed by atoms with Crippen LogP contribution in [0.3, 0.4) is 0 Å². The van der Waals surface area contributed by atoms with E-state index in [-0.39, 0.29) is 24.1 Å². The normalized spacial score (nSPS) is 27.3. The maximum atomic E-state index is 12.9. The first-order chi connectivity index (χ1) is 14.1. The van der Waals surface area contributed by atoms with E-state index in [9.17, 15) is 14.4 Å². The SMILES string of the molecule is O=C1CCC(N2Cc3cc(CN(C4CC4)C4CCCNC4)ccc3C2=O)C(=O)N1. The summed E-state index contributed by atoms with van der Waals surface area (Å²) in [4.78, 5) is 40.8. The Morgan fingerprint density at radius 1 is 1.07 bits per heavy atom. The van der Waals surface area contributed by atoms with E-state index >= 15 is 0 Å². The summed E-state index contributed by atoms with van der Waals surface area (Å²) in [5.41, 5.74) is 2.92. The number of amides is 3. The number of nitrogens with one attached hydrogen (secondary N) is 2. The van der Waals surface area contributed by atoms with Gasteiger partial charge in [0.25, 0.3) is 5.91 Å². The molecule has 1 aliphatic carbocycles. The van der Waals surface area contributed by atoms with E-state index < -0.39 is 6.04 Å². The summed E-state index contributed by atoms with van der Waals surface area (Å²) >= 11 is 0. The number of benzene rings is 1. The van der Waals surface area contributed by atoms with Crippen molar-refractivity contribution in [2.45, 2.75) is 69.7 Å². The summed E-state index contributed by atoms with van der Waals surface area (Å²) in [7, 11) is 0. The van der Waals surface area contributed by atoms with Crippen molar-refractivity contribution in [3.8, 4) is 0 Å². The third-order valence-corrected chi connectivity index (χ3v) is 6.71. The number of carbonyl (C=O) groups excluding carboxylic acids is 3. The average molecular weight is 396 g/mol. The van der Waals surface area contributed by atoms with Crippen LogP contribution in [0.25, 0.3) is 0 Å². The van der Waals surface area contributed by atoms with E-state index in [1.807, 2.05) is 6.07 Å². The highest BCUT2D eigenvalue weighted by Crippen LogP contribution is 2.33. The van der Waals surface area contributed by atoms with Gasteiger partial charge in [0.2, 0.25) is 11.8 Å². The molecule has 7 nitrogen and oxygen atoms in total. The van der Waals surface area contributed by atoms with Gasteiger partial charge in [0.1, 0.15) is 6.04 Å². The van der Waals surface area contributed by atoms with Crippen molar-refractivity contribution in [3.05, 3.63) is 34.9 Å². The highest BCUT2D eigenvalue weighted by molar-refractivity contribution is 6.05. The van der Waals surface area contributed by atoms with Crippen LogP contribution in [0.15, 0.2) is 18.2 Å². The topological polar surface area (TPSA) is 81.8 Å². The molecule has 1 aromatic rings. The van der Waals surface area contributed by atoms with Crippen LogP contribution in [0.2, 0.25) is 0 Å². The Labute approximate surface area is 170 Å². The van der Waals surface area contributed by atoms with Crippen LogP contribution in [-0.4, -0.2) is 58.7 Å². The first kappa shape index (κ1) is 18.8. The second-order valence-electron chi connectivity index (χ2n) is 8.80. The summed E-state index contributed by atoms with van der Waals surface area (Å²) in [6.07, 6.45) is 5.73. The minimum Gasteiger partial charge on any atom is -0.322 e. The molecule has 0 bridgehead atoms. The van der Waals surface area contributed by atoms with Crippen LogP contribution in [0.4, 0.5) is 0 Å². The molecule has 1 aromatic carbocycles. The summed E-state index contributed by atoms with van der Waals surface area (Å²) in [6.45, 7) is 3.54. The van der Waals surface area contributed by atoms with Crippen molar-refractivity contribution < 1.29 is 14.4 Å². The highest BCUT2D eigenvalue weighted by Gasteiger charge is 2.39. The first-order valence-electron chi connectivity index (χ1n) is 10.8. The maximum absolute atomic E-state index is 12.9. The van der Waals surface area contributed by atoms with Crippen LogP contribution < -0.4 is 10.6 Å². The van der Waals surface area contributed by atoms with Crippen molar-refractivity contribution in [1.82, 2.24) is 20.4 Å². The molecule has 0 spiro atoms. The summed E-state index contributed by atoms with van der Waals surface area (Å²) in [5, 5.41) is 5.89. The van der Waals surface area contributed by atoms with Crippen LogP contribution in [0.1, 0.15) is 60.0 Å². The van der Waals surface area contributed by atoms with Gasteiger partial charge < -0.3 is 10.2 Å². The lowest BCUT2D eigenvalue weighted by atomic mass is 10.0. The number of carbonyl (C=O) groups is 3. The quantitative estimate of drug-likeness (QED) is 0.730. The van der Waals surface area contributed by atoms with Crippen molar-refractivity contribution in [3.63, 3.8) is 0 Å². The molecule has 3 heterocycles. The number of fused-ring (bicyclic) bond motifs is 1. The summed E-state index contributed by atoms with van der Waals surface area (Å²) in [5.74, 6) is -0.709. The fourth-order valence-electron chi connectivity index (χ4n) is 5.02. The van der Waals surface area contributed by atoms with Gasteiger partial charge in [0.05, 0.1) is 0 Å². The van der Waals surface area contributed by atoms with Gasteiger partial charge in [-0.25, -0.2) is 0 Å². The van der Waals surface area contributed by atoms with E-state index in [4.69, 9.17) is 0 Å². The van der Waals surface area contributed by atoms with Gasteiger partial charge in [-0.05, 0) is 55.8 Å². The van der Waals surface area contributed by atoms with Gasteiger partial charge in [0.15, 0.2) is 0 Å². The summed E-state index contributed by atoms with van der Waals surface area (Å²) in [6, 6.07) is 6.86. The fourth-order valence-corrected chi connectivity index (χ4v) is 5.02. The lowest BCUT2D eigenvalue weighted by Crippen LogP contribution is -2.52. The molecular formula is C22H28N4O3. The molecule has 29 heavy (non-hydrogen) atoms. The van der Waals surface area contributed by atoms with E-state index in [0.29, 0.717) is 30.6 Å². The second-order valence-corrected chi connectivity index (χ2v) is 8.80. The Balaban J connectivity index is 1.31. The molecule has 0 radical (unpaired) electrons. The zero-order chi connectivity index (χ0) is 20.0. The molecule has 2 N–H and O–H groups in total. The fraction of sp³-hybridized carbons (Fsp3) is 0.591. The molecule has 3 aliphatic heterocycles. The van der Waals surface area contributed by atoms with E-state index in [1.165, 1.54) is 31.2 Å². The number of hydrogen-bond acceptors (Lipinski definition) is 5. The van der Waals surface area contributed by atoms with Crippen LogP contribution in [-0.2, 0) is 22.7 Å². The lowest BCUT2D eigenvalue weighted by Gasteiger charge is -2.35. The van der Waals surface area contributed by atoms with Crippen LogP contribution >= 0.6 is 0 Å². The van der Waals surface area contributed by atoms with Crippen molar-refractivity contribution in [1.29, 1.82) is 0 Å². The second kappa shape index (κ2) is 7.54. The first-order valence-corrected chi connectivity index (χ1v) is 10.8. The molecule has 2 saturated heterocycles. The van der Waals surface area contributed by atoms with Gasteiger partial charge in [-0.2, -0.15) is 0 Å². The van der Waals surface area contributed by atoms with Gasteiger partial charge in [-0.3, -0.25) is 24.6 Å². The predicted molar refractivity (Wildman–Crippen MR) is 107 cm³/mol. The maximum Gasteiger partial charge on any atom is 0.255 e. The number of nitrogens with zero attached hydrogens (tertiary/aromatic N) is 2. The zero-order valence-electron chi connectivity index (χ0n) is 16.7. The molecule has 0 aromatic heterocycles. The third-order valence-electron chi connectivity index (χ3n) is 6.71. The molecule has 2 unspecified atom stereocenters.